The number of allylic oxidation sites excluding steroid dienone is 4. The van der Waals surface area contributed by atoms with Crippen molar-refractivity contribution >= 4 is 45.1 Å². The third kappa shape index (κ3) is 3.99. The van der Waals surface area contributed by atoms with Crippen molar-refractivity contribution in [1.82, 2.24) is 9.47 Å². The zero-order valence-corrected chi connectivity index (χ0v) is 19.8. The minimum atomic E-state index is 0. The van der Waals surface area contributed by atoms with Crippen LogP contribution < -0.4 is 28.5 Å². The molecule has 0 spiro atoms. The SMILES string of the molecule is CC[N+]1(CC)C(=CC=CC=Cc2nc3ccccc3s2)Sc2ccccc21.[I-]. The summed E-state index contributed by atoms with van der Waals surface area (Å²) in [5.41, 5.74) is 2.50. The van der Waals surface area contributed by atoms with E-state index in [0.717, 1.165) is 28.1 Å². The molecule has 0 fully saturated rings. The molecule has 0 saturated heterocycles. The van der Waals surface area contributed by atoms with Gasteiger partial charge >= 0.3 is 0 Å². The number of para-hydroxylation sites is 2. The molecule has 0 N–H and O–H groups in total. The van der Waals surface area contributed by atoms with Gasteiger partial charge in [-0.25, -0.2) is 4.98 Å². The van der Waals surface area contributed by atoms with Gasteiger partial charge in [0.05, 0.1) is 28.2 Å². The van der Waals surface area contributed by atoms with Crippen molar-refractivity contribution in [3.63, 3.8) is 0 Å². The molecule has 0 unspecified atom stereocenters. The van der Waals surface area contributed by atoms with Crippen molar-refractivity contribution in [2.45, 2.75) is 18.7 Å². The number of hydrogen-bond acceptors (Lipinski definition) is 3. The highest BCUT2D eigenvalue weighted by atomic mass is 127. The largest absolute Gasteiger partial charge is 1.00 e. The molecule has 1 aromatic heterocycles. The van der Waals surface area contributed by atoms with Gasteiger partial charge in [0.15, 0.2) is 10.7 Å². The summed E-state index contributed by atoms with van der Waals surface area (Å²) in [6.07, 6.45) is 10.7. The minimum Gasteiger partial charge on any atom is -1.00 e. The first-order valence-electron chi connectivity index (χ1n) is 9.32. The molecule has 2 heterocycles. The Kier molecular flexibility index (Phi) is 7.15. The van der Waals surface area contributed by atoms with Gasteiger partial charge in [-0.2, -0.15) is 0 Å². The minimum absolute atomic E-state index is 0. The van der Waals surface area contributed by atoms with Crippen molar-refractivity contribution in [2.75, 3.05) is 13.1 Å². The van der Waals surface area contributed by atoms with Crippen molar-refractivity contribution in [3.05, 3.63) is 82.9 Å². The van der Waals surface area contributed by atoms with Crippen LogP contribution >= 0.6 is 23.1 Å². The van der Waals surface area contributed by atoms with E-state index in [2.05, 4.69) is 91.7 Å². The van der Waals surface area contributed by atoms with Crippen LogP contribution in [0.25, 0.3) is 16.3 Å². The Morgan fingerprint density at radius 2 is 1.68 bits per heavy atom. The fraction of sp³-hybridized carbons (Fsp3) is 0.174. The Hall–Kier alpha value is -1.41. The lowest BCUT2D eigenvalue weighted by Crippen LogP contribution is -3.00. The van der Waals surface area contributed by atoms with E-state index in [0.29, 0.717) is 0 Å². The normalized spacial score (nSPS) is 16.9. The topological polar surface area (TPSA) is 12.9 Å². The average molecular weight is 518 g/mol. The van der Waals surface area contributed by atoms with Gasteiger partial charge in [0.1, 0.15) is 5.01 Å². The number of quaternary nitrogens is 1. The Labute approximate surface area is 192 Å². The second-order valence-corrected chi connectivity index (χ2v) is 8.56. The number of aromatic nitrogens is 1. The number of thioether (sulfide) groups is 1. The molecule has 0 bridgehead atoms. The van der Waals surface area contributed by atoms with E-state index in [-0.39, 0.29) is 24.0 Å². The number of rotatable bonds is 5. The van der Waals surface area contributed by atoms with Gasteiger partial charge < -0.3 is 24.0 Å². The van der Waals surface area contributed by atoms with Crippen molar-refractivity contribution in [2.24, 2.45) is 0 Å². The predicted molar refractivity (Wildman–Crippen MR) is 121 cm³/mol. The molecule has 1 aliphatic rings. The molecule has 144 valence electrons. The van der Waals surface area contributed by atoms with Crippen molar-refractivity contribution in [1.29, 1.82) is 0 Å². The van der Waals surface area contributed by atoms with E-state index >= 15 is 0 Å². The summed E-state index contributed by atoms with van der Waals surface area (Å²) in [5, 5.41) is 2.44. The summed E-state index contributed by atoms with van der Waals surface area (Å²) in [6.45, 7) is 6.69. The van der Waals surface area contributed by atoms with Crippen LogP contribution in [0.2, 0.25) is 0 Å². The lowest BCUT2D eigenvalue weighted by atomic mass is 10.2. The lowest BCUT2D eigenvalue weighted by Gasteiger charge is -2.32. The second kappa shape index (κ2) is 9.39. The van der Waals surface area contributed by atoms with Gasteiger partial charge in [-0.15, -0.1) is 11.3 Å². The van der Waals surface area contributed by atoms with Crippen LogP contribution in [-0.4, -0.2) is 18.1 Å². The zero-order chi connectivity index (χ0) is 18.7. The smallest absolute Gasteiger partial charge is 0.177 e. The van der Waals surface area contributed by atoms with E-state index < -0.39 is 0 Å². The molecule has 0 radical (unpaired) electrons. The summed E-state index contributed by atoms with van der Waals surface area (Å²) in [5.74, 6) is 0. The Bertz CT molecular complexity index is 1010. The summed E-state index contributed by atoms with van der Waals surface area (Å²) in [7, 11) is 0. The van der Waals surface area contributed by atoms with Gasteiger partial charge in [0, 0.05) is 12.1 Å². The fourth-order valence-corrected chi connectivity index (χ4v) is 5.85. The standard InChI is InChI=1S/C23H23N2S2.HI/c1-3-25(4-2)19-13-9-11-15-21(19)27-23(25)17-7-5-6-16-22-24-18-12-8-10-14-20(18)26-22;/h5-17H,3-4H2,1-2H3;1H/q+1;/p-1. The van der Waals surface area contributed by atoms with Gasteiger partial charge in [-0.3, -0.25) is 4.48 Å². The zero-order valence-electron chi connectivity index (χ0n) is 16.0. The quantitative estimate of drug-likeness (QED) is 0.289. The van der Waals surface area contributed by atoms with Crippen LogP contribution in [0.15, 0.2) is 82.8 Å². The number of thiazole rings is 1. The Balaban J connectivity index is 0.00000225. The van der Waals surface area contributed by atoms with Gasteiger partial charge in [0.2, 0.25) is 0 Å². The van der Waals surface area contributed by atoms with Gasteiger partial charge in [0.25, 0.3) is 0 Å². The molecule has 4 rings (SSSR count). The summed E-state index contributed by atoms with van der Waals surface area (Å²) < 4.78 is 2.17. The third-order valence-electron chi connectivity index (χ3n) is 5.05. The first kappa shape index (κ1) is 21.3. The molecular formula is C23H23IN2S2. The van der Waals surface area contributed by atoms with Crippen molar-refractivity contribution < 1.29 is 24.0 Å². The lowest BCUT2D eigenvalue weighted by molar-refractivity contribution is -0.00000522. The van der Waals surface area contributed by atoms with Crippen LogP contribution in [0.4, 0.5) is 5.69 Å². The summed E-state index contributed by atoms with van der Waals surface area (Å²) in [4.78, 5) is 6.02. The second-order valence-electron chi connectivity index (χ2n) is 6.44. The average Bonchev–Trinajstić information content (AvgIpc) is 3.26. The molecule has 0 aliphatic carbocycles. The molecular weight excluding hydrogens is 495 g/mol. The molecule has 0 saturated carbocycles. The highest BCUT2D eigenvalue weighted by Crippen LogP contribution is 2.50. The van der Waals surface area contributed by atoms with Crippen LogP contribution in [0.5, 0.6) is 0 Å². The molecule has 0 amide bonds. The van der Waals surface area contributed by atoms with Crippen LogP contribution in [0.1, 0.15) is 18.9 Å². The number of halogens is 1. The van der Waals surface area contributed by atoms with E-state index in [1.807, 2.05) is 17.8 Å². The van der Waals surface area contributed by atoms with Gasteiger partial charge in [-0.05, 0) is 49.9 Å². The maximum Gasteiger partial charge on any atom is 0.177 e. The van der Waals surface area contributed by atoms with Gasteiger partial charge in [-0.1, -0.05) is 42.5 Å². The third-order valence-corrected chi connectivity index (χ3v) is 7.31. The molecule has 2 aromatic carbocycles. The predicted octanol–water partition coefficient (Wildman–Crippen LogP) is 3.86. The van der Waals surface area contributed by atoms with E-state index in [1.165, 1.54) is 20.3 Å². The number of hydrogen-bond donors (Lipinski definition) is 0. The number of fused-ring (bicyclic) bond motifs is 2. The molecule has 28 heavy (non-hydrogen) atoms. The first-order chi connectivity index (χ1) is 13.3. The molecule has 0 atom stereocenters. The van der Waals surface area contributed by atoms with E-state index in [9.17, 15) is 0 Å². The maximum atomic E-state index is 4.64. The maximum absolute atomic E-state index is 4.64. The molecule has 5 heteroatoms. The monoisotopic (exact) mass is 518 g/mol. The first-order valence-corrected chi connectivity index (χ1v) is 11.0. The molecule has 2 nitrogen and oxygen atoms in total. The van der Waals surface area contributed by atoms with Crippen LogP contribution in [0.3, 0.4) is 0 Å². The van der Waals surface area contributed by atoms with Crippen molar-refractivity contribution in [3.8, 4) is 0 Å². The Morgan fingerprint density at radius 1 is 0.929 bits per heavy atom. The highest BCUT2D eigenvalue weighted by Gasteiger charge is 2.41. The molecule has 1 aliphatic heterocycles. The number of benzene rings is 2. The van der Waals surface area contributed by atoms with Crippen LogP contribution in [0, 0.1) is 0 Å². The van der Waals surface area contributed by atoms with E-state index in [4.69, 9.17) is 0 Å². The molecule has 3 aromatic rings. The summed E-state index contributed by atoms with van der Waals surface area (Å²) in [6, 6.07) is 17.1. The fourth-order valence-electron chi connectivity index (χ4n) is 3.57. The van der Waals surface area contributed by atoms with Crippen LogP contribution in [-0.2, 0) is 0 Å². The Morgan fingerprint density at radius 3 is 2.46 bits per heavy atom. The highest BCUT2D eigenvalue weighted by molar-refractivity contribution is 8.03. The number of nitrogens with zero attached hydrogens (tertiary/aromatic N) is 2. The van der Waals surface area contributed by atoms with E-state index in [1.54, 1.807) is 11.3 Å². The summed E-state index contributed by atoms with van der Waals surface area (Å²) >= 11 is 3.62.